The van der Waals surface area contributed by atoms with Gasteiger partial charge in [-0.2, -0.15) is 0 Å². The second-order valence-corrected chi connectivity index (χ2v) is 8.35. The van der Waals surface area contributed by atoms with Crippen LogP contribution in [0.25, 0.3) is 10.9 Å². The fourth-order valence-corrected chi connectivity index (χ4v) is 3.98. The fourth-order valence-electron chi connectivity index (χ4n) is 2.74. The highest BCUT2D eigenvalue weighted by Gasteiger charge is 2.16. The van der Waals surface area contributed by atoms with E-state index < -0.39 is 10.0 Å². The monoisotopic (exact) mass is 441 g/mol. The van der Waals surface area contributed by atoms with Gasteiger partial charge in [0.15, 0.2) is 0 Å². The molecule has 0 spiro atoms. The number of methoxy groups -OCH3 is 1. The molecule has 30 heavy (non-hydrogen) atoms. The van der Waals surface area contributed by atoms with Crippen LogP contribution in [0.2, 0.25) is 5.02 Å². The van der Waals surface area contributed by atoms with E-state index in [1.54, 1.807) is 18.3 Å². The van der Waals surface area contributed by atoms with Crippen molar-refractivity contribution in [2.75, 3.05) is 11.8 Å². The zero-order valence-corrected chi connectivity index (χ0v) is 17.3. The summed E-state index contributed by atoms with van der Waals surface area (Å²) in [6.07, 6.45) is 2.90. The Bertz CT molecular complexity index is 1310. The van der Waals surface area contributed by atoms with Crippen LogP contribution >= 0.6 is 11.6 Å². The van der Waals surface area contributed by atoms with Crippen molar-refractivity contribution in [2.24, 2.45) is 0 Å². The van der Waals surface area contributed by atoms with Crippen LogP contribution in [0.15, 0.2) is 78.0 Å². The van der Waals surface area contributed by atoms with E-state index in [0.717, 1.165) is 10.9 Å². The van der Waals surface area contributed by atoms with Gasteiger partial charge in [0, 0.05) is 5.39 Å². The molecule has 0 saturated heterocycles. The molecule has 0 saturated carbocycles. The van der Waals surface area contributed by atoms with Crippen LogP contribution in [-0.4, -0.2) is 25.5 Å². The molecule has 0 aliphatic rings. The molecule has 1 N–H and O–H groups in total. The maximum atomic E-state index is 12.6. The number of nitrogens with one attached hydrogen (secondary N) is 1. The van der Waals surface area contributed by atoms with Crippen molar-refractivity contribution >= 4 is 38.2 Å². The maximum absolute atomic E-state index is 12.6. The number of ether oxygens (including phenoxy) is 2. The topological polar surface area (TPSA) is 90.4 Å². The van der Waals surface area contributed by atoms with E-state index in [4.69, 9.17) is 21.1 Å². The number of rotatable bonds is 6. The number of hydrogen-bond acceptors (Lipinski definition) is 6. The first-order chi connectivity index (χ1) is 14.4. The normalized spacial score (nSPS) is 11.3. The van der Waals surface area contributed by atoms with Gasteiger partial charge in [-0.1, -0.05) is 29.8 Å². The lowest BCUT2D eigenvalue weighted by atomic mass is 10.2. The van der Waals surface area contributed by atoms with E-state index in [9.17, 15) is 8.42 Å². The third-order valence-corrected chi connectivity index (χ3v) is 5.88. The van der Waals surface area contributed by atoms with Crippen molar-refractivity contribution in [3.63, 3.8) is 0 Å². The Labute approximate surface area is 178 Å². The third-order valence-electron chi connectivity index (χ3n) is 4.21. The van der Waals surface area contributed by atoms with Crippen molar-refractivity contribution in [2.45, 2.75) is 4.90 Å². The van der Waals surface area contributed by atoms with E-state index in [1.165, 1.54) is 31.5 Å². The molecule has 0 aliphatic carbocycles. The number of sulfonamides is 1. The molecule has 4 aromatic rings. The summed E-state index contributed by atoms with van der Waals surface area (Å²) >= 11 is 6.25. The highest BCUT2D eigenvalue weighted by atomic mass is 35.5. The molecular weight excluding hydrogens is 426 g/mol. The predicted octanol–water partition coefficient (Wildman–Crippen LogP) is 4.88. The molecule has 9 heteroatoms. The first kappa shape index (κ1) is 19.9. The molecule has 0 radical (unpaired) electrons. The summed E-state index contributed by atoms with van der Waals surface area (Å²) < 4.78 is 38.3. The SMILES string of the molecule is COc1ccc(S(=O)(=O)Nc2cnc(Oc3cnc4ccccc4c3)c(Cl)c2)cc1. The number of halogens is 1. The molecule has 0 atom stereocenters. The number of benzene rings is 2. The van der Waals surface area contributed by atoms with Gasteiger partial charge in [0.25, 0.3) is 10.0 Å². The van der Waals surface area contributed by atoms with Gasteiger partial charge in [-0.25, -0.2) is 13.4 Å². The van der Waals surface area contributed by atoms with E-state index in [2.05, 4.69) is 14.7 Å². The first-order valence-corrected chi connectivity index (χ1v) is 10.7. The van der Waals surface area contributed by atoms with Crippen molar-refractivity contribution in [1.29, 1.82) is 0 Å². The summed E-state index contributed by atoms with van der Waals surface area (Å²) in [6, 6.07) is 16.9. The summed E-state index contributed by atoms with van der Waals surface area (Å²) in [4.78, 5) is 8.54. The average Bonchev–Trinajstić information content (AvgIpc) is 2.75. The largest absolute Gasteiger partial charge is 0.497 e. The summed E-state index contributed by atoms with van der Waals surface area (Å²) in [6.45, 7) is 0. The number of anilines is 1. The maximum Gasteiger partial charge on any atom is 0.261 e. The molecule has 152 valence electrons. The molecule has 2 aromatic heterocycles. The minimum atomic E-state index is -3.81. The van der Waals surface area contributed by atoms with Gasteiger partial charge in [-0.3, -0.25) is 9.71 Å². The second kappa shape index (κ2) is 8.17. The highest BCUT2D eigenvalue weighted by molar-refractivity contribution is 7.92. The van der Waals surface area contributed by atoms with Gasteiger partial charge in [-0.15, -0.1) is 0 Å². The van der Waals surface area contributed by atoms with Crippen molar-refractivity contribution in [3.05, 3.63) is 78.1 Å². The van der Waals surface area contributed by atoms with Gasteiger partial charge < -0.3 is 9.47 Å². The van der Waals surface area contributed by atoms with Crippen LogP contribution < -0.4 is 14.2 Å². The Kier molecular flexibility index (Phi) is 5.43. The van der Waals surface area contributed by atoms with Crippen LogP contribution in [0, 0.1) is 0 Å². The van der Waals surface area contributed by atoms with Crippen molar-refractivity contribution < 1.29 is 17.9 Å². The van der Waals surface area contributed by atoms with Gasteiger partial charge in [0.2, 0.25) is 5.88 Å². The molecule has 0 bridgehead atoms. The molecule has 0 fully saturated rings. The van der Waals surface area contributed by atoms with Crippen LogP contribution in [0.3, 0.4) is 0 Å². The Morgan fingerprint density at radius 2 is 1.70 bits per heavy atom. The van der Waals surface area contributed by atoms with E-state index in [1.807, 2.05) is 30.3 Å². The number of aromatic nitrogens is 2. The van der Waals surface area contributed by atoms with E-state index in [0.29, 0.717) is 11.5 Å². The zero-order chi connectivity index (χ0) is 21.1. The minimum absolute atomic E-state index is 0.0852. The standard InChI is InChI=1S/C21H16ClN3O4S/c1-28-16-6-8-18(9-7-16)30(26,27)25-15-11-19(22)21(24-12-15)29-17-10-14-4-2-3-5-20(14)23-13-17/h2-13,25H,1H3. The lowest BCUT2D eigenvalue weighted by Gasteiger charge is -2.11. The number of para-hydroxylation sites is 1. The van der Waals surface area contributed by atoms with Gasteiger partial charge in [0.1, 0.15) is 16.5 Å². The van der Waals surface area contributed by atoms with E-state index in [-0.39, 0.29) is 21.5 Å². The molecular formula is C21H16ClN3O4S. The van der Waals surface area contributed by atoms with Gasteiger partial charge in [0.05, 0.1) is 35.6 Å². The van der Waals surface area contributed by atoms with Crippen LogP contribution in [0.5, 0.6) is 17.4 Å². The Hall–Kier alpha value is -3.36. The molecule has 4 rings (SSSR count). The number of pyridine rings is 2. The molecule has 2 aromatic carbocycles. The third kappa shape index (κ3) is 4.29. The Balaban J connectivity index is 1.53. The lowest BCUT2D eigenvalue weighted by Crippen LogP contribution is -2.13. The molecule has 2 heterocycles. The number of fused-ring (bicyclic) bond motifs is 1. The zero-order valence-electron chi connectivity index (χ0n) is 15.7. The first-order valence-electron chi connectivity index (χ1n) is 8.80. The average molecular weight is 442 g/mol. The molecule has 0 unspecified atom stereocenters. The summed E-state index contributed by atoms with van der Waals surface area (Å²) in [7, 11) is -2.30. The number of hydrogen-bond donors (Lipinski definition) is 1. The van der Waals surface area contributed by atoms with Crippen LogP contribution in [-0.2, 0) is 10.0 Å². The molecule has 0 amide bonds. The lowest BCUT2D eigenvalue weighted by molar-refractivity contribution is 0.414. The second-order valence-electron chi connectivity index (χ2n) is 6.26. The summed E-state index contributed by atoms with van der Waals surface area (Å²) in [5.74, 6) is 1.17. The highest BCUT2D eigenvalue weighted by Crippen LogP contribution is 2.31. The Morgan fingerprint density at radius 1 is 0.933 bits per heavy atom. The van der Waals surface area contributed by atoms with E-state index >= 15 is 0 Å². The van der Waals surface area contributed by atoms with Gasteiger partial charge >= 0.3 is 0 Å². The smallest absolute Gasteiger partial charge is 0.261 e. The Morgan fingerprint density at radius 3 is 2.43 bits per heavy atom. The number of nitrogens with zero attached hydrogens (tertiary/aromatic N) is 2. The quantitative estimate of drug-likeness (QED) is 0.458. The van der Waals surface area contributed by atoms with Crippen LogP contribution in [0.4, 0.5) is 5.69 Å². The summed E-state index contributed by atoms with van der Waals surface area (Å²) in [5, 5.41) is 1.06. The van der Waals surface area contributed by atoms with Gasteiger partial charge in [-0.05, 0) is 42.5 Å². The minimum Gasteiger partial charge on any atom is -0.497 e. The summed E-state index contributed by atoms with van der Waals surface area (Å²) in [5.41, 5.74) is 1.05. The predicted molar refractivity (Wildman–Crippen MR) is 115 cm³/mol. The van der Waals surface area contributed by atoms with Crippen molar-refractivity contribution in [1.82, 2.24) is 9.97 Å². The molecule has 0 aliphatic heterocycles. The van der Waals surface area contributed by atoms with Crippen molar-refractivity contribution in [3.8, 4) is 17.4 Å². The molecule has 7 nitrogen and oxygen atoms in total. The van der Waals surface area contributed by atoms with Crippen LogP contribution in [0.1, 0.15) is 0 Å². The fraction of sp³-hybridized carbons (Fsp3) is 0.0476.